The van der Waals surface area contributed by atoms with E-state index < -0.39 is 70.2 Å². The normalized spacial score (nSPS) is 31.7. The van der Waals surface area contributed by atoms with Crippen LogP contribution in [-0.2, 0) is 23.1 Å². The molecule has 41 heavy (non-hydrogen) atoms. The average Bonchev–Trinajstić information content (AvgIpc) is 3.70. The lowest BCUT2D eigenvalue weighted by Crippen LogP contribution is -2.35. The number of aromatic nitrogens is 8. The Bertz CT molecular complexity index is 1620. The predicted molar refractivity (Wildman–Crippen MR) is 132 cm³/mol. The molecule has 2 saturated heterocycles. The monoisotopic (exact) mass is 598 g/mol. The van der Waals surface area contributed by atoms with E-state index >= 15 is 4.39 Å². The second kappa shape index (κ2) is 10.4. The molecule has 19 nitrogen and oxygen atoms in total. The molecule has 0 bridgehead atoms. The SMILES string of the molecule is Nc1ncnc2c1ncn2[C@@H]1O[C@H](COP(=O)(O)OC2C(O)[C@@H](CO)O[C@H]2n2cnc3c(N)ncnc32)C(O)C1F. The molecule has 0 aliphatic carbocycles. The van der Waals surface area contributed by atoms with Gasteiger partial charge in [0.1, 0.15) is 54.2 Å². The smallest absolute Gasteiger partial charge is 0.394 e. The van der Waals surface area contributed by atoms with Crippen molar-refractivity contribution >= 4 is 41.8 Å². The lowest BCUT2D eigenvalue weighted by Gasteiger charge is -2.24. The van der Waals surface area contributed by atoms with Gasteiger partial charge in [0.25, 0.3) is 0 Å². The van der Waals surface area contributed by atoms with Crippen molar-refractivity contribution in [3.8, 4) is 0 Å². The van der Waals surface area contributed by atoms with Crippen LogP contribution >= 0.6 is 7.82 Å². The van der Waals surface area contributed by atoms with Crippen molar-refractivity contribution in [3.63, 3.8) is 0 Å². The van der Waals surface area contributed by atoms with Crippen LogP contribution in [-0.4, -0.2) is 109 Å². The van der Waals surface area contributed by atoms with Gasteiger partial charge in [-0.25, -0.2) is 38.9 Å². The first kappa shape index (κ1) is 27.7. The van der Waals surface area contributed by atoms with Crippen LogP contribution in [0.5, 0.6) is 0 Å². The van der Waals surface area contributed by atoms with Crippen LogP contribution < -0.4 is 11.5 Å². The fraction of sp³-hybridized carbons (Fsp3) is 0.500. The van der Waals surface area contributed by atoms with Gasteiger partial charge in [-0.15, -0.1) is 0 Å². The third-order valence-corrected chi connectivity index (χ3v) is 7.75. The molecule has 0 saturated carbocycles. The van der Waals surface area contributed by atoms with Crippen LogP contribution in [0, 0.1) is 0 Å². The van der Waals surface area contributed by atoms with Gasteiger partial charge in [0, 0.05) is 0 Å². The summed E-state index contributed by atoms with van der Waals surface area (Å²) in [6, 6.07) is 0. The van der Waals surface area contributed by atoms with Crippen molar-refractivity contribution in [1.29, 1.82) is 0 Å². The summed E-state index contributed by atoms with van der Waals surface area (Å²) < 4.78 is 52.0. The van der Waals surface area contributed by atoms with E-state index in [-0.39, 0.29) is 34.0 Å². The number of hydrogen-bond acceptors (Lipinski definition) is 16. The maximum absolute atomic E-state index is 15.1. The Labute approximate surface area is 228 Å². The molecule has 220 valence electrons. The van der Waals surface area contributed by atoms with Gasteiger partial charge in [-0.3, -0.25) is 18.2 Å². The maximum atomic E-state index is 15.1. The van der Waals surface area contributed by atoms with Crippen LogP contribution in [0.4, 0.5) is 16.0 Å². The van der Waals surface area contributed by atoms with Crippen molar-refractivity contribution in [2.45, 2.75) is 49.1 Å². The molecule has 9 atom stereocenters. The molecule has 0 aromatic carbocycles. The molecule has 2 fully saturated rings. The minimum atomic E-state index is -5.03. The summed E-state index contributed by atoms with van der Waals surface area (Å²) in [7, 11) is -5.03. The number of imidazole rings is 2. The highest BCUT2D eigenvalue weighted by molar-refractivity contribution is 7.47. The molecule has 4 aromatic rings. The Balaban J connectivity index is 1.18. The quantitative estimate of drug-likeness (QED) is 0.122. The number of alkyl halides is 1. The van der Waals surface area contributed by atoms with E-state index in [1.165, 1.54) is 21.8 Å². The molecule has 0 spiro atoms. The van der Waals surface area contributed by atoms with Gasteiger partial charge < -0.3 is 41.2 Å². The number of anilines is 2. The minimum Gasteiger partial charge on any atom is -0.394 e. The first-order chi connectivity index (χ1) is 19.6. The zero-order valence-electron chi connectivity index (χ0n) is 20.7. The Morgan fingerprint density at radius 3 is 2.05 bits per heavy atom. The molecular formula is C20H24FN10O9P. The number of aliphatic hydroxyl groups is 3. The minimum absolute atomic E-state index is 0.0545. The highest BCUT2D eigenvalue weighted by Crippen LogP contribution is 2.50. The van der Waals surface area contributed by atoms with E-state index in [4.69, 9.17) is 30.0 Å². The largest absolute Gasteiger partial charge is 0.472 e. The van der Waals surface area contributed by atoms with Gasteiger partial charge in [0.15, 0.2) is 41.6 Å². The van der Waals surface area contributed by atoms with E-state index in [1.807, 2.05) is 0 Å². The summed E-state index contributed by atoms with van der Waals surface area (Å²) in [6.07, 6.45) is -7.52. The lowest BCUT2D eigenvalue weighted by atomic mass is 10.1. The summed E-state index contributed by atoms with van der Waals surface area (Å²) in [5.74, 6) is 0.110. The number of phosphoric ester groups is 1. The summed E-state index contributed by atoms with van der Waals surface area (Å²) in [6.45, 7) is -1.44. The Morgan fingerprint density at radius 2 is 1.46 bits per heavy atom. The zero-order valence-corrected chi connectivity index (χ0v) is 21.6. The van der Waals surface area contributed by atoms with Crippen molar-refractivity contribution in [2.75, 3.05) is 24.7 Å². The Morgan fingerprint density at radius 1 is 0.902 bits per heavy atom. The van der Waals surface area contributed by atoms with Gasteiger partial charge in [-0.05, 0) is 0 Å². The Hall–Kier alpha value is -3.46. The molecule has 6 rings (SSSR count). The number of aliphatic hydroxyl groups excluding tert-OH is 3. The highest BCUT2D eigenvalue weighted by atomic mass is 31.2. The van der Waals surface area contributed by atoms with Crippen LogP contribution in [0.2, 0.25) is 0 Å². The summed E-state index contributed by atoms with van der Waals surface area (Å²) in [4.78, 5) is 34.4. The van der Waals surface area contributed by atoms with Gasteiger partial charge >= 0.3 is 7.82 Å². The standard InChI is InChI=1S/C20H24FN10O9P/c21-9-12(33)8(39-19(9)30-5-28-10-15(22)24-3-26-17(10)30)2-37-41(35,36)40-14-13(34)7(1-32)38-20(14)31-6-29-11-16(23)25-4-27-18(11)31/h3-9,12-14,19-20,32-34H,1-2H2,(H,35,36)(H2,22,24,26)(H2,23,25,27)/t7-,8-,9?,12?,13?,14?,19-,20-/m1/s1. The lowest BCUT2D eigenvalue weighted by molar-refractivity contribution is -0.0600. The number of nitrogen functional groups attached to an aromatic ring is 2. The highest BCUT2D eigenvalue weighted by Gasteiger charge is 2.51. The zero-order chi connectivity index (χ0) is 29.1. The van der Waals surface area contributed by atoms with Crippen molar-refractivity contribution in [2.24, 2.45) is 0 Å². The van der Waals surface area contributed by atoms with Crippen LogP contribution in [0.1, 0.15) is 12.5 Å². The maximum Gasteiger partial charge on any atom is 0.472 e. The van der Waals surface area contributed by atoms with E-state index in [9.17, 15) is 24.8 Å². The topological polar surface area (TPSA) is 274 Å². The van der Waals surface area contributed by atoms with Crippen LogP contribution in [0.15, 0.2) is 25.3 Å². The number of hydrogen-bond donors (Lipinski definition) is 6. The number of rotatable bonds is 8. The second-order valence-electron chi connectivity index (χ2n) is 9.24. The number of halogens is 1. The van der Waals surface area contributed by atoms with Gasteiger partial charge in [-0.2, -0.15) is 0 Å². The molecule has 5 unspecified atom stereocenters. The fourth-order valence-electron chi connectivity index (χ4n) is 4.74. The van der Waals surface area contributed by atoms with Crippen molar-refractivity contribution in [3.05, 3.63) is 25.3 Å². The van der Waals surface area contributed by atoms with E-state index in [0.29, 0.717) is 0 Å². The number of fused-ring (bicyclic) bond motifs is 2. The number of phosphoric acid groups is 1. The van der Waals surface area contributed by atoms with E-state index in [1.54, 1.807) is 0 Å². The van der Waals surface area contributed by atoms with Gasteiger partial charge in [-0.1, -0.05) is 0 Å². The molecule has 0 amide bonds. The first-order valence-electron chi connectivity index (χ1n) is 12.0. The fourth-order valence-corrected chi connectivity index (χ4v) is 5.67. The predicted octanol–water partition coefficient (Wildman–Crippen LogP) is -1.82. The third-order valence-electron chi connectivity index (χ3n) is 6.77. The molecule has 21 heteroatoms. The first-order valence-corrected chi connectivity index (χ1v) is 13.5. The van der Waals surface area contributed by atoms with Crippen molar-refractivity contribution < 1.29 is 47.7 Å². The number of nitrogens with zero attached hydrogens (tertiary/aromatic N) is 8. The van der Waals surface area contributed by atoms with E-state index in [2.05, 4.69) is 29.9 Å². The molecule has 6 heterocycles. The Kier molecular flexibility index (Phi) is 7.04. The molecule has 4 aromatic heterocycles. The molecule has 8 N–H and O–H groups in total. The second-order valence-corrected chi connectivity index (χ2v) is 10.6. The number of nitrogens with two attached hydrogens (primary N) is 2. The van der Waals surface area contributed by atoms with Gasteiger partial charge in [0.05, 0.1) is 25.9 Å². The van der Waals surface area contributed by atoms with Gasteiger partial charge in [0.2, 0.25) is 0 Å². The molecule has 2 aliphatic heterocycles. The number of ether oxygens (including phenoxy) is 2. The van der Waals surface area contributed by atoms with Crippen LogP contribution in [0.25, 0.3) is 22.3 Å². The van der Waals surface area contributed by atoms with Crippen LogP contribution in [0.3, 0.4) is 0 Å². The average molecular weight is 598 g/mol. The molecular weight excluding hydrogens is 574 g/mol. The molecule has 2 aliphatic rings. The summed E-state index contributed by atoms with van der Waals surface area (Å²) >= 11 is 0. The summed E-state index contributed by atoms with van der Waals surface area (Å²) in [5.41, 5.74) is 12.3. The van der Waals surface area contributed by atoms with E-state index in [0.717, 1.165) is 12.7 Å². The summed E-state index contributed by atoms with van der Waals surface area (Å²) in [5, 5.41) is 30.7. The molecule has 0 radical (unpaired) electrons. The van der Waals surface area contributed by atoms with Crippen molar-refractivity contribution in [1.82, 2.24) is 39.0 Å². The third kappa shape index (κ3) is 4.78.